The van der Waals surface area contributed by atoms with E-state index in [1.165, 1.54) is 0 Å². The van der Waals surface area contributed by atoms with Crippen molar-refractivity contribution in [3.05, 3.63) is 0 Å². The minimum atomic E-state index is -0.217. The summed E-state index contributed by atoms with van der Waals surface area (Å²) in [4.78, 5) is 25.9. The summed E-state index contributed by atoms with van der Waals surface area (Å²) in [6, 6.07) is 0.0465. The van der Waals surface area contributed by atoms with Gasteiger partial charge in [0.1, 0.15) is 11.8 Å². The number of carbonyl (C=O) groups excluding carboxylic acids is 2. The van der Waals surface area contributed by atoms with Crippen molar-refractivity contribution >= 4 is 11.8 Å². The molecule has 1 heterocycles. The standard InChI is InChI=1S/C14H23NO3/c1-3-18-14(17)10(2)15-9-5-7-12(15)11-6-4-8-13(11)16/h10-12H,3-9H2,1-2H3. The number of Topliss-reactive ketones (excluding diaryl/α,β-unsaturated/α-hetero) is 1. The lowest BCUT2D eigenvalue weighted by Gasteiger charge is -2.32. The lowest BCUT2D eigenvalue weighted by molar-refractivity contribution is -0.150. The van der Waals surface area contributed by atoms with Gasteiger partial charge in [-0.25, -0.2) is 0 Å². The van der Waals surface area contributed by atoms with E-state index in [-0.39, 0.29) is 24.0 Å². The zero-order valence-electron chi connectivity index (χ0n) is 11.4. The predicted octanol–water partition coefficient (Wildman–Crippen LogP) is 1.77. The molecule has 0 aromatic carbocycles. The van der Waals surface area contributed by atoms with E-state index < -0.39 is 0 Å². The maximum absolute atomic E-state index is 11.9. The molecule has 2 fully saturated rings. The third-order valence-corrected chi connectivity index (χ3v) is 4.28. The van der Waals surface area contributed by atoms with Gasteiger partial charge >= 0.3 is 5.97 Å². The van der Waals surface area contributed by atoms with Crippen LogP contribution in [0.1, 0.15) is 46.0 Å². The van der Waals surface area contributed by atoms with E-state index in [1.54, 1.807) is 0 Å². The average molecular weight is 253 g/mol. The van der Waals surface area contributed by atoms with E-state index in [4.69, 9.17) is 4.74 Å². The molecular formula is C14H23NO3. The minimum Gasteiger partial charge on any atom is -0.465 e. The molecule has 2 aliphatic rings. The molecule has 1 saturated carbocycles. The Bertz CT molecular complexity index is 329. The molecule has 0 N–H and O–H groups in total. The Morgan fingerprint density at radius 3 is 2.83 bits per heavy atom. The Labute approximate surface area is 109 Å². The Hall–Kier alpha value is -0.900. The van der Waals surface area contributed by atoms with Crippen LogP contribution in [-0.2, 0) is 14.3 Å². The second kappa shape index (κ2) is 5.83. The van der Waals surface area contributed by atoms with Crippen molar-refractivity contribution in [3.8, 4) is 0 Å². The van der Waals surface area contributed by atoms with Crippen molar-refractivity contribution in [2.75, 3.05) is 13.2 Å². The average Bonchev–Trinajstić information content (AvgIpc) is 2.96. The summed E-state index contributed by atoms with van der Waals surface area (Å²) in [5.41, 5.74) is 0. The molecule has 0 radical (unpaired) electrons. The smallest absolute Gasteiger partial charge is 0.323 e. The van der Waals surface area contributed by atoms with Gasteiger partial charge in [-0.2, -0.15) is 0 Å². The molecule has 0 amide bonds. The predicted molar refractivity (Wildman–Crippen MR) is 68.2 cm³/mol. The molecule has 4 nitrogen and oxygen atoms in total. The van der Waals surface area contributed by atoms with Crippen LogP contribution in [0.25, 0.3) is 0 Å². The van der Waals surface area contributed by atoms with Gasteiger partial charge in [-0.1, -0.05) is 0 Å². The lowest BCUT2D eigenvalue weighted by atomic mass is 9.94. The summed E-state index contributed by atoms with van der Waals surface area (Å²) in [6.45, 7) is 5.06. The monoisotopic (exact) mass is 253 g/mol. The van der Waals surface area contributed by atoms with Crippen LogP contribution in [0.5, 0.6) is 0 Å². The number of ether oxygens (including phenoxy) is 1. The normalized spacial score (nSPS) is 30.7. The molecule has 3 unspecified atom stereocenters. The van der Waals surface area contributed by atoms with E-state index in [0.29, 0.717) is 12.4 Å². The summed E-state index contributed by atoms with van der Waals surface area (Å²) >= 11 is 0. The van der Waals surface area contributed by atoms with Gasteiger partial charge in [0.25, 0.3) is 0 Å². The highest BCUT2D eigenvalue weighted by atomic mass is 16.5. The molecule has 0 bridgehead atoms. The second-order valence-electron chi connectivity index (χ2n) is 5.34. The SMILES string of the molecule is CCOC(=O)C(C)N1CCCC1C1CCCC1=O. The van der Waals surface area contributed by atoms with Crippen molar-refractivity contribution < 1.29 is 14.3 Å². The zero-order chi connectivity index (χ0) is 13.1. The largest absolute Gasteiger partial charge is 0.465 e. The number of ketones is 1. The van der Waals surface area contributed by atoms with Crippen molar-refractivity contribution in [1.29, 1.82) is 0 Å². The van der Waals surface area contributed by atoms with Crippen LogP contribution in [0, 0.1) is 5.92 Å². The van der Waals surface area contributed by atoms with Crippen LogP contribution >= 0.6 is 0 Å². The highest BCUT2D eigenvalue weighted by Crippen LogP contribution is 2.34. The summed E-state index contributed by atoms with van der Waals surface area (Å²) in [6.07, 6.45) is 4.86. The number of likely N-dealkylation sites (tertiary alicyclic amines) is 1. The fourth-order valence-corrected chi connectivity index (χ4v) is 3.38. The molecule has 2 rings (SSSR count). The van der Waals surface area contributed by atoms with E-state index in [1.807, 2.05) is 13.8 Å². The van der Waals surface area contributed by atoms with Crippen molar-refractivity contribution in [3.63, 3.8) is 0 Å². The van der Waals surface area contributed by atoms with E-state index in [9.17, 15) is 9.59 Å². The Kier molecular flexibility index (Phi) is 4.38. The first-order valence-corrected chi connectivity index (χ1v) is 7.10. The van der Waals surface area contributed by atoms with Crippen molar-refractivity contribution in [2.24, 2.45) is 5.92 Å². The number of rotatable bonds is 4. The topological polar surface area (TPSA) is 46.6 Å². The highest BCUT2D eigenvalue weighted by molar-refractivity contribution is 5.83. The minimum absolute atomic E-state index is 0.157. The van der Waals surface area contributed by atoms with Crippen LogP contribution in [0.3, 0.4) is 0 Å². The van der Waals surface area contributed by atoms with Gasteiger partial charge in [-0.05, 0) is 46.1 Å². The molecule has 1 saturated heterocycles. The number of carbonyl (C=O) groups is 2. The van der Waals surface area contributed by atoms with Gasteiger partial charge < -0.3 is 4.74 Å². The van der Waals surface area contributed by atoms with Gasteiger partial charge in [-0.15, -0.1) is 0 Å². The van der Waals surface area contributed by atoms with E-state index >= 15 is 0 Å². The third-order valence-electron chi connectivity index (χ3n) is 4.28. The summed E-state index contributed by atoms with van der Waals surface area (Å²) in [5, 5.41) is 0. The van der Waals surface area contributed by atoms with Crippen LogP contribution in [-0.4, -0.2) is 41.9 Å². The number of nitrogens with zero attached hydrogens (tertiary/aromatic N) is 1. The van der Waals surface area contributed by atoms with Crippen LogP contribution in [0.2, 0.25) is 0 Å². The summed E-state index contributed by atoms with van der Waals surface area (Å²) < 4.78 is 5.09. The Morgan fingerprint density at radius 1 is 1.44 bits per heavy atom. The summed E-state index contributed by atoms with van der Waals surface area (Å²) in [5.74, 6) is 0.391. The fraction of sp³-hybridized carbons (Fsp3) is 0.857. The first-order chi connectivity index (χ1) is 8.65. The summed E-state index contributed by atoms with van der Waals surface area (Å²) in [7, 11) is 0. The Morgan fingerprint density at radius 2 is 2.22 bits per heavy atom. The van der Waals surface area contributed by atoms with Gasteiger partial charge in [-0.3, -0.25) is 14.5 Å². The fourth-order valence-electron chi connectivity index (χ4n) is 3.38. The maximum Gasteiger partial charge on any atom is 0.323 e. The number of hydrogen-bond acceptors (Lipinski definition) is 4. The van der Waals surface area contributed by atoms with Crippen molar-refractivity contribution in [1.82, 2.24) is 4.90 Å². The first kappa shape index (κ1) is 13.5. The molecule has 3 atom stereocenters. The van der Waals surface area contributed by atoms with Crippen LogP contribution < -0.4 is 0 Å². The van der Waals surface area contributed by atoms with Gasteiger partial charge in [0.2, 0.25) is 0 Å². The Balaban J connectivity index is 2.02. The molecule has 0 aromatic heterocycles. The molecule has 1 aliphatic carbocycles. The number of esters is 1. The third kappa shape index (κ3) is 2.58. The molecule has 0 spiro atoms. The lowest BCUT2D eigenvalue weighted by Crippen LogP contribution is -2.46. The van der Waals surface area contributed by atoms with Gasteiger partial charge in [0.15, 0.2) is 0 Å². The molecule has 1 aliphatic heterocycles. The molecule has 0 aromatic rings. The quantitative estimate of drug-likeness (QED) is 0.716. The molecule has 18 heavy (non-hydrogen) atoms. The zero-order valence-corrected chi connectivity index (χ0v) is 11.4. The maximum atomic E-state index is 11.9. The van der Waals surface area contributed by atoms with Crippen LogP contribution in [0.15, 0.2) is 0 Å². The first-order valence-electron chi connectivity index (χ1n) is 7.10. The van der Waals surface area contributed by atoms with Gasteiger partial charge in [0, 0.05) is 18.4 Å². The van der Waals surface area contributed by atoms with Crippen LogP contribution in [0.4, 0.5) is 0 Å². The number of hydrogen-bond donors (Lipinski definition) is 0. The van der Waals surface area contributed by atoms with E-state index in [0.717, 1.165) is 38.6 Å². The highest BCUT2D eigenvalue weighted by Gasteiger charge is 2.41. The molecular weight excluding hydrogens is 230 g/mol. The molecule has 4 heteroatoms. The molecule has 102 valence electrons. The van der Waals surface area contributed by atoms with E-state index in [2.05, 4.69) is 4.90 Å². The van der Waals surface area contributed by atoms with Gasteiger partial charge in [0.05, 0.1) is 6.61 Å². The van der Waals surface area contributed by atoms with Crippen molar-refractivity contribution in [2.45, 2.75) is 58.0 Å². The second-order valence-corrected chi connectivity index (χ2v) is 5.34.